The highest BCUT2D eigenvalue weighted by Crippen LogP contribution is 2.21. The first-order valence-corrected chi connectivity index (χ1v) is 8.62. The summed E-state index contributed by atoms with van der Waals surface area (Å²) >= 11 is 0. The number of aliphatic hydroxyl groups is 1. The van der Waals surface area contributed by atoms with E-state index in [2.05, 4.69) is 16.2 Å². The maximum atomic E-state index is 12.5. The fraction of sp³-hybridized carbons (Fsp3) is 0.556. The SMILES string of the molecule is Cc1nc2c(C#N)cnn2c(C)c1CCC(=O)N1CCC(C)C(O)C1. The van der Waals surface area contributed by atoms with Gasteiger partial charge in [-0.2, -0.15) is 10.4 Å². The van der Waals surface area contributed by atoms with Gasteiger partial charge in [-0.1, -0.05) is 6.92 Å². The van der Waals surface area contributed by atoms with E-state index in [1.165, 1.54) is 6.20 Å². The highest BCUT2D eigenvalue weighted by Gasteiger charge is 2.27. The fourth-order valence-electron chi connectivity index (χ4n) is 3.42. The number of aromatic nitrogens is 3. The number of likely N-dealkylation sites (tertiary alicyclic amines) is 1. The Balaban J connectivity index is 1.75. The zero-order chi connectivity index (χ0) is 18.1. The lowest BCUT2D eigenvalue weighted by atomic mass is 9.95. The van der Waals surface area contributed by atoms with Crippen molar-refractivity contribution in [2.24, 2.45) is 5.92 Å². The van der Waals surface area contributed by atoms with Gasteiger partial charge in [0.25, 0.3) is 0 Å². The molecule has 3 heterocycles. The van der Waals surface area contributed by atoms with Crippen LogP contribution in [0.4, 0.5) is 0 Å². The Morgan fingerprint density at radius 1 is 1.48 bits per heavy atom. The Morgan fingerprint density at radius 3 is 2.92 bits per heavy atom. The number of carbonyl (C=O) groups is 1. The molecule has 1 amide bonds. The summed E-state index contributed by atoms with van der Waals surface area (Å²) in [6, 6.07) is 2.09. The maximum Gasteiger partial charge on any atom is 0.222 e. The average Bonchev–Trinajstić information content (AvgIpc) is 2.99. The van der Waals surface area contributed by atoms with E-state index >= 15 is 0 Å². The molecule has 2 aromatic rings. The molecule has 1 N–H and O–H groups in total. The van der Waals surface area contributed by atoms with Crippen LogP contribution in [-0.2, 0) is 11.2 Å². The molecule has 2 unspecified atom stereocenters. The van der Waals surface area contributed by atoms with Crippen molar-refractivity contribution in [1.29, 1.82) is 5.26 Å². The molecule has 3 rings (SSSR count). The first-order chi connectivity index (χ1) is 11.9. The molecular weight excluding hydrogens is 318 g/mol. The van der Waals surface area contributed by atoms with E-state index in [-0.39, 0.29) is 11.8 Å². The summed E-state index contributed by atoms with van der Waals surface area (Å²) in [6.45, 7) is 6.96. The number of carbonyl (C=O) groups excluding carboxylic acids is 1. The van der Waals surface area contributed by atoms with Crippen molar-refractivity contribution < 1.29 is 9.90 Å². The zero-order valence-electron chi connectivity index (χ0n) is 14.9. The van der Waals surface area contributed by atoms with Gasteiger partial charge in [0.15, 0.2) is 5.65 Å². The van der Waals surface area contributed by atoms with Crippen molar-refractivity contribution in [2.75, 3.05) is 13.1 Å². The Hall–Kier alpha value is -2.46. The molecule has 0 bridgehead atoms. The number of aryl methyl sites for hydroxylation is 2. The number of fused-ring (bicyclic) bond motifs is 1. The van der Waals surface area contributed by atoms with E-state index in [0.29, 0.717) is 37.1 Å². The summed E-state index contributed by atoms with van der Waals surface area (Å²) in [4.78, 5) is 18.7. The van der Waals surface area contributed by atoms with Gasteiger partial charge in [0.1, 0.15) is 11.6 Å². The van der Waals surface area contributed by atoms with Crippen LogP contribution in [0.3, 0.4) is 0 Å². The number of aliphatic hydroxyl groups excluding tert-OH is 1. The van der Waals surface area contributed by atoms with Crippen LogP contribution in [0.15, 0.2) is 6.20 Å². The zero-order valence-corrected chi connectivity index (χ0v) is 14.9. The Kier molecular flexibility index (Phi) is 4.73. The summed E-state index contributed by atoms with van der Waals surface area (Å²) in [5.74, 6) is 0.303. The number of piperidine rings is 1. The lowest BCUT2D eigenvalue weighted by Crippen LogP contribution is -2.45. The molecule has 2 aromatic heterocycles. The number of rotatable bonds is 3. The van der Waals surface area contributed by atoms with Gasteiger partial charge in [-0.3, -0.25) is 4.79 Å². The molecular formula is C18H23N5O2. The van der Waals surface area contributed by atoms with Crippen molar-refractivity contribution in [1.82, 2.24) is 19.5 Å². The van der Waals surface area contributed by atoms with E-state index in [4.69, 9.17) is 5.26 Å². The second-order valence-corrected chi connectivity index (χ2v) is 6.84. The molecule has 1 aliphatic rings. The van der Waals surface area contributed by atoms with Gasteiger partial charge in [0.2, 0.25) is 5.91 Å². The Bertz CT molecular complexity index is 851. The molecule has 2 atom stereocenters. The summed E-state index contributed by atoms with van der Waals surface area (Å²) in [7, 11) is 0. The molecule has 1 saturated heterocycles. The second kappa shape index (κ2) is 6.81. The Morgan fingerprint density at radius 2 is 2.24 bits per heavy atom. The molecule has 0 aliphatic carbocycles. The van der Waals surface area contributed by atoms with Crippen LogP contribution in [0.1, 0.15) is 42.3 Å². The summed E-state index contributed by atoms with van der Waals surface area (Å²) < 4.78 is 1.66. The predicted molar refractivity (Wildman–Crippen MR) is 91.9 cm³/mol. The topological polar surface area (TPSA) is 94.5 Å². The van der Waals surface area contributed by atoms with E-state index < -0.39 is 6.10 Å². The summed E-state index contributed by atoms with van der Waals surface area (Å²) in [5, 5.41) is 23.3. The number of nitriles is 1. The third kappa shape index (κ3) is 3.22. The van der Waals surface area contributed by atoms with Crippen molar-refractivity contribution >= 4 is 11.6 Å². The van der Waals surface area contributed by atoms with Crippen molar-refractivity contribution in [3.63, 3.8) is 0 Å². The van der Waals surface area contributed by atoms with Crippen LogP contribution < -0.4 is 0 Å². The number of nitrogens with zero attached hydrogens (tertiary/aromatic N) is 5. The highest BCUT2D eigenvalue weighted by molar-refractivity contribution is 5.76. The molecule has 7 heteroatoms. The van der Waals surface area contributed by atoms with E-state index in [1.807, 2.05) is 20.8 Å². The molecule has 0 saturated carbocycles. The number of β-amino-alcohol motifs (C(OH)–C–C–N with tert-alkyl or cyclic N) is 1. The molecule has 1 fully saturated rings. The van der Waals surface area contributed by atoms with Crippen LogP contribution in [0, 0.1) is 31.1 Å². The van der Waals surface area contributed by atoms with Crippen LogP contribution in [0.2, 0.25) is 0 Å². The van der Waals surface area contributed by atoms with Gasteiger partial charge in [0, 0.05) is 30.9 Å². The van der Waals surface area contributed by atoms with Crippen LogP contribution in [0.25, 0.3) is 5.65 Å². The smallest absolute Gasteiger partial charge is 0.222 e. The first kappa shape index (κ1) is 17.4. The summed E-state index contributed by atoms with van der Waals surface area (Å²) in [5.41, 5.74) is 3.72. The van der Waals surface area contributed by atoms with Gasteiger partial charge < -0.3 is 10.0 Å². The largest absolute Gasteiger partial charge is 0.391 e. The van der Waals surface area contributed by atoms with Crippen LogP contribution in [-0.4, -0.2) is 49.7 Å². The average molecular weight is 341 g/mol. The standard InChI is InChI=1S/C18H23N5O2/c1-11-6-7-22(10-16(11)24)17(25)5-4-15-12(2)21-18-14(8-19)9-20-23(18)13(15)3/h9,11,16,24H,4-7,10H2,1-3H3. The molecule has 0 aromatic carbocycles. The van der Waals surface area contributed by atoms with Crippen LogP contribution in [0.5, 0.6) is 0 Å². The fourth-order valence-corrected chi connectivity index (χ4v) is 3.42. The molecule has 0 spiro atoms. The number of hydrogen-bond acceptors (Lipinski definition) is 5. The van der Waals surface area contributed by atoms with E-state index in [1.54, 1.807) is 9.42 Å². The van der Waals surface area contributed by atoms with Gasteiger partial charge >= 0.3 is 0 Å². The van der Waals surface area contributed by atoms with Crippen molar-refractivity contribution in [3.05, 3.63) is 28.7 Å². The van der Waals surface area contributed by atoms with Gasteiger partial charge in [-0.05, 0) is 38.2 Å². The third-order valence-corrected chi connectivity index (χ3v) is 5.19. The molecule has 132 valence electrons. The van der Waals surface area contributed by atoms with E-state index in [0.717, 1.165) is 23.4 Å². The molecule has 7 nitrogen and oxygen atoms in total. The number of hydrogen-bond donors (Lipinski definition) is 1. The second-order valence-electron chi connectivity index (χ2n) is 6.84. The van der Waals surface area contributed by atoms with Gasteiger partial charge in [0.05, 0.1) is 12.3 Å². The van der Waals surface area contributed by atoms with Gasteiger partial charge in [-0.25, -0.2) is 9.50 Å². The summed E-state index contributed by atoms with van der Waals surface area (Å²) in [6.07, 6.45) is 2.86. The highest BCUT2D eigenvalue weighted by atomic mass is 16.3. The van der Waals surface area contributed by atoms with Crippen molar-refractivity contribution in [2.45, 2.75) is 46.1 Å². The maximum absolute atomic E-state index is 12.5. The lowest BCUT2D eigenvalue weighted by molar-refractivity contribution is -0.135. The van der Waals surface area contributed by atoms with Gasteiger partial charge in [-0.15, -0.1) is 0 Å². The monoisotopic (exact) mass is 341 g/mol. The van der Waals surface area contributed by atoms with Crippen molar-refractivity contribution in [3.8, 4) is 6.07 Å². The Labute approximate surface area is 146 Å². The number of amides is 1. The lowest BCUT2D eigenvalue weighted by Gasteiger charge is -2.34. The molecule has 0 radical (unpaired) electrons. The first-order valence-electron chi connectivity index (χ1n) is 8.62. The minimum Gasteiger partial charge on any atom is -0.391 e. The normalized spacial score (nSPS) is 20.7. The van der Waals surface area contributed by atoms with E-state index in [9.17, 15) is 9.90 Å². The quantitative estimate of drug-likeness (QED) is 0.910. The predicted octanol–water partition coefficient (Wildman–Crippen LogP) is 1.38. The minimum absolute atomic E-state index is 0.0584. The molecule has 1 aliphatic heterocycles. The molecule has 25 heavy (non-hydrogen) atoms. The van der Waals surface area contributed by atoms with Crippen LogP contribution >= 0.6 is 0 Å². The third-order valence-electron chi connectivity index (χ3n) is 5.19. The minimum atomic E-state index is -0.437.